The molecule has 1 aromatic rings. The number of anilines is 1. The van der Waals surface area contributed by atoms with Gasteiger partial charge in [0.15, 0.2) is 0 Å². The van der Waals surface area contributed by atoms with E-state index in [4.69, 9.17) is 0 Å². The van der Waals surface area contributed by atoms with Crippen LogP contribution in [0.25, 0.3) is 0 Å². The Bertz CT molecular complexity index is 425. The van der Waals surface area contributed by atoms with E-state index in [1.165, 1.54) is 5.56 Å². The van der Waals surface area contributed by atoms with Crippen LogP contribution < -0.4 is 4.90 Å². The first-order valence-corrected chi connectivity index (χ1v) is 7.63. The van der Waals surface area contributed by atoms with Gasteiger partial charge in [0.2, 0.25) is 0 Å². The van der Waals surface area contributed by atoms with Gasteiger partial charge in [-0.1, -0.05) is 42.8 Å². The lowest BCUT2D eigenvalue weighted by Gasteiger charge is -2.33. The Kier molecular flexibility index (Phi) is 4.00. The van der Waals surface area contributed by atoms with Crippen LogP contribution in [0.3, 0.4) is 0 Å². The van der Waals surface area contributed by atoms with Gasteiger partial charge in [0.05, 0.1) is 0 Å². The number of hydrogen-bond acceptors (Lipinski definition) is 1. The van der Waals surface area contributed by atoms with Crippen molar-refractivity contribution in [3.8, 4) is 0 Å². The van der Waals surface area contributed by atoms with Crippen LogP contribution in [0.15, 0.2) is 18.2 Å². The van der Waals surface area contributed by atoms with E-state index in [0.29, 0.717) is 5.92 Å². The van der Waals surface area contributed by atoms with Gasteiger partial charge >= 0.3 is 0 Å². The van der Waals surface area contributed by atoms with Gasteiger partial charge in [0.1, 0.15) is 5.82 Å². The molecule has 0 saturated heterocycles. The first-order chi connectivity index (χ1) is 8.41. The summed E-state index contributed by atoms with van der Waals surface area (Å²) in [5.41, 5.74) is 2.63. The third-order valence-corrected chi connectivity index (χ3v) is 4.67. The molecular weight excluding hydrogens is 293 g/mol. The SMILES string of the molecule is CC(C)(C)C(CBr)CN1CCc2ccc(F)cc21. The summed E-state index contributed by atoms with van der Waals surface area (Å²) in [5.74, 6) is 0.429. The summed E-state index contributed by atoms with van der Waals surface area (Å²) < 4.78 is 13.4. The first kappa shape index (κ1) is 13.9. The van der Waals surface area contributed by atoms with E-state index in [2.05, 4.69) is 41.6 Å². The fourth-order valence-corrected chi connectivity index (χ4v) is 3.60. The van der Waals surface area contributed by atoms with Crippen molar-refractivity contribution in [3.63, 3.8) is 0 Å². The van der Waals surface area contributed by atoms with Gasteiger partial charge in [-0.05, 0) is 35.4 Å². The molecule has 100 valence electrons. The molecule has 0 aromatic heterocycles. The summed E-state index contributed by atoms with van der Waals surface area (Å²) in [4.78, 5) is 2.33. The summed E-state index contributed by atoms with van der Waals surface area (Å²) in [6, 6.07) is 5.16. The van der Waals surface area contributed by atoms with Gasteiger partial charge in [-0.25, -0.2) is 4.39 Å². The van der Waals surface area contributed by atoms with Crippen LogP contribution in [-0.2, 0) is 6.42 Å². The molecule has 0 N–H and O–H groups in total. The van der Waals surface area contributed by atoms with Crippen molar-refractivity contribution in [1.82, 2.24) is 0 Å². The van der Waals surface area contributed by atoms with Crippen LogP contribution in [0.5, 0.6) is 0 Å². The van der Waals surface area contributed by atoms with Crippen LogP contribution >= 0.6 is 15.9 Å². The van der Waals surface area contributed by atoms with Crippen molar-refractivity contribution in [2.45, 2.75) is 27.2 Å². The predicted octanol–water partition coefficient (Wildman–Crippen LogP) is 4.25. The normalized spacial score (nSPS) is 16.8. The molecule has 1 aliphatic rings. The fraction of sp³-hybridized carbons (Fsp3) is 0.600. The lowest BCUT2D eigenvalue weighted by Crippen LogP contribution is -2.35. The van der Waals surface area contributed by atoms with Crippen molar-refractivity contribution < 1.29 is 4.39 Å². The lowest BCUT2D eigenvalue weighted by molar-refractivity contribution is 0.271. The molecule has 1 nitrogen and oxygen atoms in total. The Balaban J connectivity index is 2.16. The molecule has 1 atom stereocenters. The molecule has 0 fully saturated rings. The molecule has 0 aliphatic carbocycles. The van der Waals surface area contributed by atoms with Crippen molar-refractivity contribution in [2.24, 2.45) is 11.3 Å². The summed E-state index contributed by atoms with van der Waals surface area (Å²) in [6.45, 7) is 8.80. The maximum Gasteiger partial charge on any atom is 0.125 e. The Morgan fingerprint density at radius 1 is 1.39 bits per heavy atom. The van der Waals surface area contributed by atoms with E-state index in [1.807, 2.05) is 6.07 Å². The number of benzene rings is 1. The molecule has 3 heteroatoms. The summed E-state index contributed by atoms with van der Waals surface area (Å²) in [7, 11) is 0. The van der Waals surface area contributed by atoms with E-state index >= 15 is 0 Å². The largest absolute Gasteiger partial charge is 0.371 e. The van der Waals surface area contributed by atoms with E-state index in [0.717, 1.165) is 30.5 Å². The number of alkyl halides is 1. The molecular formula is C15H21BrFN. The van der Waals surface area contributed by atoms with Gasteiger partial charge in [-0.3, -0.25) is 0 Å². The Morgan fingerprint density at radius 3 is 2.72 bits per heavy atom. The highest BCUT2D eigenvalue weighted by molar-refractivity contribution is 9.09. The van der Waals surface area contributed by atoms with Gasteiger partial charge in [0, 0.05) is 24.1 Å². The molecule has 0 radical (unpaired) electrons. The second kappa shape index (κ2) is 5.20. The van der Waals surface area contributed by atoms with Gasteiger partial charge < -0.3 is 4.90 Å². The zero-order chi connectivity index (χ0) is 13.3. The van der Waals surface area contributed by atoms with Gasteiger partial charge in [-0.15, -0.1) is 0 Å². The number of hydrogen-bond donors (Lipinski definition) is 0. The second-order valence-corrected chi connectivity index (χ2v) is 6.83. The van der Waals surface area contributed by atoms with Crippen LogP contribution in [-0.4, -0.2) is 18.4 Å². The van der Waals surface area contributed by atoms with Crippen LogP contribution in [0.2, 0.25) is 0 Å². The third kappa shape index (κ3) is 2.87. The average Bonchev–Trinajstić information content (AvgIpc) is 2.66. The smallest absolute Gasteiger partial charge is 0.125 e. The highest BCUT2D eigenvalue weighted by Crippen LogP contribution is 2.34. The van der Waals surface area contributed by atoms with E-state index in [1.54, 1.807) is 12.1 Å². The summed E-state index contributed by atoms with van der Waals surface area (Å²) >= 11 is 3.61. The molecule has 1 heterocycles. The highest BCUT2D eigenvalue weighted by Gasteiger charge is 2.28. The quantitative estimate of drug-likeness (QED) is 0.754. The first-order valence-electron chi connectivity index (χ1n) is 6.51. The molecule has 0 saturated carbocycles. The van der Waals surface area contributed by atoms with E-state index in [9.17, 15) is 4.39 Å². The van der Waals surface area contributed by atoms with Crippen molar-refractivity contribution in [2.75, 3.05) is 23.3 Å². The minimum Gasteiger partial charge on any atom is -0.371 e. The molecule has 1 unspecified atom stereocenters. The molecule has 2 rings (SSSR count). The maximum atomic E-state index is 13.4. The van der Waals surface area contributed by atoms with E-state index in [-0.39, 0.29) is 11.2 Å². The predicted molar refractivity (Wildman–Crippen MR) is 79.1 cm³/mol. The standard InChI is InChI=1S/C15H21BrFN/c1-15(2,3)12(9-16)10-18-7-6-11-4-5-13(17)8-14(11)18/h4-5,8,12H,6-7,9-10H2,1-3H3. The Hall–Kier alpha value is -0.570. The topological polar surface area (TPSA) is 3.24 Å². The zero-order valence-electron chi connectivity index (χ0n) is 11.3. The maximum absolute atomic E-state index is 13.4. The number of rotatable bonds is 3. The van der Waals surface area contributed by atoms with Crippen LogP contribution in [0.1, 0.15) is 26.3 Å². The molecule has 1 aliphatic heterocycles. The number of fused-ring (bicyclic) bond motifs is 1. The highest BCUT2D eigenvalue weighted by atomic mass is 79.9. The van der Waals surface area contributed by atoms with Gasteiger partial charge in [0.25, 0.3) is 0 Å². The molecule has 0 amide bonds. The van der Waals surface area contributed by atoms with Crippen molar-refractivity contribution in [3.05, 3.63) is 29.6 Å². The molecule has 1 aromatic carbocycles. The monoisotopic (exact) mass is 313 g/mol. The molecule has 0 bridgehead atoms. The third-order valence-electron chi connectivity index (χ3n) is 3.89. The zero-order valence-corrected chi connectivity index (χ0v) is 12.9. The minimum atomic E-state index is -0.133. The van der Waals surface area contributed by atoms with E-state index < -0.39 is 0 Å². The average molecular weight is 314 g/mol. The number of halogens is 2. The summed E-state index contributed by atoms with van der Waals surface area (Å²) in [6.07, 6.45) is 1.04. The molecule has 18 heavy (non-hydrogen) atoms. The van der Waals surface area contributed by atoms with Crippen molar-refractivity contribution in [1.29, 1.82) is 0 Å². The van der Waals surface area contributed by atoms with Crippen molar-refractivity contribution >= 4 is 21.6 Å². The molecule has 0 spiro atoms. The van der Waals surface area contributed by atoms with Crippen LogP contribution in [0, 0.1) is 17.2 Å². The fourth-order valence-electron chi connectivity index (χ4n) is 2.43. The summed E-state index contributed by atoms with van der Waals surface area (Å²) in [5, 5.41) is 0.984. The second-order valence-electron chi connectivity index (χ2n) is 6.19. The Labute approximate surface area is 118 Å². The lowest BCUT2D eigenvalue weighted by atomic mass is 9.82. The van der Waals surface area contributed by atoms with Crippen LogP contribution in [0.4, 0.5) is 10.1 Å². The Morgan fingerprint density at radius 2 is 2.11 bits per heavy atom. The number of nitrogens with zero attached hydrogens (tertiary/aromatic N) is 1. The van der Waals surface area contributed by atoms with Gasteiger partial charge in [-0.2, -0.15) is 0 Å². The minimum absolute atomic E-state index is 0.133.